The van der Waals surface area contributed by atoms with Gasteiger partial charge in [-0.05, 0) is 19.9 Å². The second-order valence-corrected chi connectivity index (χ2v) is 7.84. The average Bonchev–Trinajstić information content (AvgIpc) is 3.31. The average molecular weight is 417 g/mol. The number of nitrogens with zero attached hydrogens (tertiary/aromatic N) is 4. The molecule has 0 N–H and O–H groups in total. The summed E-state index contributed by atoms with van der Waals surface area (Å²) >= 11 is 1.57. The smallest absolute Gasteiger partial charge is 0.278 e. The van der Waals surface area contributed by atoms with Crippen molar-refractivity contribution in [2.75, 3.05) is 33.1 Å². The summed E-state index contributed by atoms with van der Waals surface area (Å²) in [5.74, 6) is 1.89. The molecular weight excluding hydrogens is 392 g/mol. The first-order chi connectivity index (χ1) is 14.0. The van der Waals surface area contributed by atoms with E-state index in [2.05, 4.69) is 0 Å². The Balaban J connectivity index is 2.05. The fraction of sp³-hybridized carbons (Fsp3) is 0.450. The quantitative estimate of drug-likeness (QED) is 0.574. The minimum absolute atomic E-state index is 0.0390. The lowest BCUT2D eigenvalue weighted by atomic mass is 10.2. The van der Waals surface area contributed by atoms with Gasteiger partial charge in [-0.1, -0.05) is 11.8 Å². The molecule has 0 aliphatic carbocycles. The first-order valence-electron chi connectivity index (χ1n) is 9.63. The molecule has 0 fully saturated rings. The molecule has 1 aromatic carbocycles. The molecule has 3 heterocycles. The lowest BCUT2D eigenvalue weighted by Gasteiger charge is -2.19. The zero-order valence-electron chi connectivity index (χ0n) is 17.0. The SMILES string of the molecule is CCN(CC)C(=O)Cn1c2cc(OC)c(OC)cc2c2nc3n(c(=O)c21)CCS3. The zero-order chi connectivity index (χ0) is 20.7. The molecule has 0 saturated heterocycles. The van der Waals surface area contributed by atoms with Crippen molar-refractivity contribution < 1.29 is 14.3 Å². The van der Waals surface area contributed by atoms with E-state index in [-0.39, 0.29) is 18.0 Å². The van der Waals surface area contributed by atoms with Crippen LogP contribution in [0, 0.1) is 0 Å². The van der Waals surface area contributed by atoms with E-state index in [1.165, 1.54) is 0 Å². The molecule has 0 saturated carbocycles. The predicted molar refractivity (Wildman–Crippen MR) is 113 cm³/mol. The highest BCUT2D eigenvalue weighted by atomic mass is 32.2. The monoisotopic (exact) mass is 416 g/mol. The van der Waals surface area contributed by atoms with Gasteiger partial charge >= 0.3 is 0 Å². The Labute approximate surface area is 172 Å². The first kappa shape index (κ1) is 19.6. The number of carbonyl (C=O) groups is 1. The molecule has 29 heavy (non-hydrogen) atoms. The molecule has 4 rings (SSSR count). The van der Waals surface area contributed by atoms with Gasteiger partial charge in [0.25, 0.3) is 5.56 Å². The lowest BCUT2D eigenvalue weighted by Crippen LogP contribution is -2.34. The van der Waals surface area contributed by atoms with Gasteiger partial charge < -0.3 is 18.9 Å². The number of hydrogen-bond donors (Lipinski definition) is 0. The van der Waals surface area contributed by atoms with E-state index in [1.807, 2.05) is 26.0 Å². The van der Waals surface area contributed by atoms with Crippen LogP contribution in [0.5, 0.6) is 11.5 Å². The van der Waals surface area contributed by atoms with Gasteiger partial charge in [0.2, 0.25) is 5.91 Å². The molecule has 1 aliphatic heterocycles. The maximum Gasteiger partial charge on any atom is 0.278 e. The summed E-state index contributed by atoms with van der Waals surface area (Å²) in [4.78, 5) is 32.7. The van der Waals surface area contributed by atoms with E-state index in [0.717, 1.165) is 16.7 Å². The van der Waals surface area contributed by atoms with E-state index in [1.54, 1.807) is 40.0 Å². The number of methoxy groups -OCH3 is 2. The van der Waals surface area contributed by atoms with Crippen molar-refractivity contribution in [1.29, 1.82) is 0 Å². The molecule has 0 radical (unpaired) electrons. The Bertz CT molecular complexity index is 1160. The summed E-state index contributed by atoms with van der Waals surface area (Å²) in [6.07, 6.45) is 0. The Morgan fingerprint density at radius 2 is 1.90 bits per heavy atom. The van der Waals surface area contributed by atoms with Crippen LogP contribution in [0.15, 0.2) is 22.1 Å². The van der Waals surface area contributed by atoms with Crippen molar-refractivity contribution in [1.82, 2.24) is 19.0 Å². The number of amides is 1. The Hall–Kier alpha value is -2.68. The third kappa shape index (κ3) is 3.04. The summed E-state index contributed by atoms with van der Waals surface area (Å²) in [7, 11) is 3.14. The summed E-state index contributed by atoms with van der Waals surface area (Å²) in [5.41, 5.74) is 1.66. The molecule has 0 atom stereocenters. The number of thioether (sulfide) groups is 1. The maximum absolute atomic E-state index is 13.3. The molecule has 1 amide bonds. The predicted octanol–water partition coefficient (Wildman–Crippen LogP) is 2.34. The summed E-state index contributed by atoms with van der Waals surface area (Å²) < 4.78 is 14.4. The molecule has 0 bridgehead atoms. The zero-order valence-corrected chi connectivity index (χ0v) is 17.8. The van der Waals surface area contributed by atoms with Crippen LogP contribution in [0.2, 0.25) is 0 Å². The van der Waals surface area contributed by atoms with E-state index < -0.39 is 0 Å². The van der Waals surface area contributed by atoms with Gasteiger partial charge in [-0.3, -0.25) is 14.2 Å². The maximum atomic E-state index is 13.3. The van der Waals surface area contributed by atoms with Gasteiger partial charge in [0.05, 0.1) is 19.7 Å². The van der Waals surface area contributed by atoms with Crippen molar-refractivity contribution in [3.05, 3.63) is 22.5 Å². The number of benzene rings is 1. The molecule has 0 spiro atoms. The minimum Gasteiger partial charge on any atom is -0.493 e. The van der Waals surface area contributed by atoms with Gasteiger partial charge in [-0.2, -0.15) is 0 Å². The van der Waals surface area contributed by atoms with Crippen LogP contribution >= 0.6 is 11.8 Å². The molecule has 1 aliphatic rings. The van der Waals surface area contributed by atoms with Crippen LogP contribution in [0.25, 0.3) is 21.9 Å². The van der Waals surface area contributed by atoms with Gasteiger partial charge in [0.1, 0.15) is 17.6 Å². The van der Waals surface area contributed by atoms with Crippen molar-refractivity contribution >= 4 is 39.6 Å². The van der Waals surface area contributed by atoms with Crippen LogP contribution in [-0.2, 0) is 17.9 Å². The second kappa shape index (κ2) is 7.62. The molecule has 154 valence electrons. The number of rotatable bonds is 6. The Kier molecular flexibility index (Phi) is 5.16. The standard InChI is InChI=1S/C20H24N4O4S/c1-5-22(6-2)16(25)11-24-13-10-15(28-4)14(27-3)9-12(13)17-18(24)19(26)23-7-8-29-20(23)21-17/h9-10H,5-8,11H2,1-4H3. The van der Waals surface area contributed by atoms with Gasteiger partial charge in [0.15, 0.2) is 16.7 Å². The topological polar surface area (TPSA) is 78.6 Å². The van der Waals surface area contributed by atoms with Crippen molar-refractivity contribution in [2.45, 2.75) is 32.1 Å². The molecule has 8 nitrogen and oxygen atoms in total. The van der Waals surface area contributed by atoms with Gasteiger partial charge in [0, 0.05) is 36.8 Å². The Morgan fingerprint density at radius 3 is 2.55 bits per heavy atom. The van der Waals surface area contributed by atoms with Gasteiger partial charge in [-0.25, -0.2) is 4.98 Å². The second-order valence-electron chi connectivity index (χ2n) is 6.77. The normalized spacial score (nSPS) is 13.1. The number of hydrogen-bond acceptors (Lipinski definition) is 6. The molecule has 2 aromatic heterocycles. The highest BCUT2D eigenvalue weighted by Crippen LogP contribution is 2.37. The fourth-order valence-corrected chi connectivity index (χ4v) is 4.81. The minimum atomic E-state index is -0.114. The van der Waals surface area contributed by atoms with Crippen molar-refractivity contribution in [2.24, 2.45) is 0 Å². The van der Waals surface area contributed by atoms with Crippen LogP contribution in [0.3, 0.4) is 0 Å². The van der Waals surface area contributed by atoms with Crippen molar-refractivity contribution in [3.63, 3.8) is 0 Å². The fourth-order valence-electron chi connectivity index (χ4n) is 3.87. The van der Waals surface area contributed by atoms with E-state index in [0.29, 0.717) is 47.3 Å². The first-order valence-corrected chi connectivity index (χ1v) is 10.6. The van der Waals surface area contributed by atoms with E-state index in [9.17, 15) is 9.59 Å². The summed E-state index contributed by atoms with van der Waals surface area (Å²) in [6.45, 7) is 5.82. The number of carbonyl (C=O) groups excluding carboxylic acids is 1. The molecular formula is C20H24N4O4S. The Morgan fingerprint density at radius 1 is 1.21 bits per heavy atom. The van der Waals surface area contributed by atoms with Crippen LogP contribution < -0.4 is 15.0 Å². The summed E-state index contributed by atoms with van der Waals surface area (Å²) in [5, 5.41) is 1.49. The van der Waals surface area contributed by atoms with Crippen molar-refractivity contribution in [3.8, 4) is 11.5 Å². The number of ether oxygens (including phenoxy) is 2. The highest BCUT2D eigenvalue weighted by Gasteiger charge is 2.25. The van der Waals surface area contributed by atoms with Crippen LogP contribution in [-0.4, -0.2) is 58.0 Å². The van der Waals surface area contributed by atoms with E-state index in [4.69, 9.17) is 14.5 Å². The molecule has 9 heteroatoms. The summed E-state index contributed by atoms with van der Waals surface area (Å²) in [6, 6.07) is 3.64. The van der Waals surface area contributed by atoms with E-state index >= 15 is 0 Å². The number of aromatic nitrogens is 3. The number of likely N-dealkylation sites (N-methyl/N-ethyl adjacent to an activating group) is 1. The number of fused-ring (bicyclic) bond motifs is 4. The van der Waals surface area contributed by atoms with Gasteiger partial charge in [-0.15, -0.1) is 0 Å². The molecule has 3 aromatic rings. The highest BCUT2D eigenvalue weighted by molar-refractivity contribution is 7.99. The lowest BCUT2D eigenvalue weighted by molar-refractivity contribution is -0.131. The molecule has 0 unspecified atom stereocenters. The van der Waals surface area contributed by atoms with Crippen LogP contribution in [0.4, 0.5) is 0 Å². The third-order valence-corrected chi connectivity index (χ3v) is 6.34. The third-order valence-electron chi connectivity index (χ3n) is 5.38. The largest absolute Gasteiger partial charge is 0.493 e. The van der Waals surface area contributed by atoms with Crippen LogP contribution in [0.1, 0.15) is 13.8 Å².